The molecular formula is C24H28ClN3O4. The van der Waals surface area contributed by atoms with E-state index in [1.54, 1.807) is 41.3 Å². The molecule has 2 aromatic rings. The molecule has 0 saturated carbocycles. The molecule has 8 heteroatoms. The van der Waals surface area contributed by atoms with Crippen molar-refractivity contribution in [3.63, 3.8) is 0 Å². The van der Waals surface area contributed by atoms with E-state index in [9.17, 15) is 14.4 Å². The molecule has 2 saturated heterocycles. The van der Waals surface area contributed by atoms with Crippen LogP contribution in [0.3, 0.4) is 0 Å². The van der Waals surface area contributed by atoms with Gasteiger partial charge >= 0.3 is 0 Å². The predicted octanol–water partition coefficient (Wildman–Crippen LogP) is 3.60. The van der Waals surface area contributed by atoms with Crippen LogP contribution in [0.5, 0.6) is 0 Å². The van der Waals surface area contributed by atoms with Crippen LogP contribution >= 0.6 is 11.6 Å². The second kappa shape index (κ2) is 10.2. The van der Waals surface area contributed by atoms with Crippen LogP contribution in [0.15, 0.2) is 47.1 Å². The van der Waals surface area contributed by atoms with Crippen molar-refractivity contribution < 1.29 is 18.8 Å². The number of piperidine rings is 2. The minimum atomic E-state index is -0.641. The molecule has 2 aliphatic rings. The summed E-state index contributed by atoms with van der Waals surface area (Å²) in [6, 6.07) is 9.54. The van der Waals surface area contributed by atoms with Gasteiger partial charge < -0.3 is 19.5 Å². The minimum absolute atomic E-state index is 0.0408. The second-order valence-corrected chi connectivity index (χ2v) is 8.83. The zero-order chi connectivity index (χ0) is 22.5. The maximum Gasteiger partial charge on any atom is 0.289 e. The van der Waals surface area contributed by atoms with Crippen LogP contribution in [0.25, 0.3) is 0 Å². The summed E-state index contributed by atoms with van der Waals surface area (Å²) >= 11 is 6.21. The van der Waals surface area contributed by atoms with E-state index in [1.807, 2.05) is 4.90 Å². The molecule has 1 atom stereocenters. The molecule has 3 heterocycles. The Bertz CT molecular complexity index is 948. The molecule has 1 aromatic heterocycles. The number of hydrogen-bond acceptors (Lipinski definition) is 4. The molecule has 32 heavy (non-hydrogen) atoms. The zero-order valence-corrected chi connectivity index (χ0v) is 18.7. The van der Waals surface area contributed by atoms with E-state index in [0.29, 0.717) is 55.4 Å². The van der Waals surface area contributed by atoms with Gasteiger partial charge in [0.1, 0.15) is 6.04 Å². The fourth-order valence-corrected chi connectivity index (χ4v) is 4.77. The van der Waals surface area contributed by atoms with E-state index in [1.165, 1.54) is 6.26 Å². The number of carbonyl (C=O) groups excluding carboxylic acids is 3. The van der Waals surface area contributed by atoms with Crippen LogP contribution in [0.1, 0.15) is 53.0 Å². The summed E-state index contributed by atoms with van der Waals surface area (Å²) in [7, 11) is 0. The Morgan fingerprint density at radius 2 is 1.66 bits per heavy atom. The lowest BCUT2D eigenvalue weighted by atomic mass is 9.87. The van der Waals surface area contributed by atoms with Gasteiger partial charge in [0, 0.05) is 26.2 Å². The molecule has 0 radical (unpaired) electrons. The van der Waals surface area contributed by atoms with Crippen molar-refractivity contribution in [3.8, 4) is 0 Å². The number of furan rings is 1. The Balaban J connectivity index is 1.47. The average molecular weight is 458 g/mol. The van der Waals surface area contributed by atoms with Gasteiger partial charge in [-0.3, -0.25) is 14.4 Å². The zero-order valence-electron chi connectivity index (χ0n) is 18.0. The Kier molecular flexibility index (Phi) is 7.15. The third-order valence-corrected chi connectivity index (χ3v) is 6.70. The average Bonchev–Trinajstić information content (AvgIpc) is 3.37. The lowest BCUT2D eigenvalue weighted by Gasteiger charge is -2.38. The van der Waals surface area contributed by atoms with E-state index >= 15 is 0 Å². The monoisotopic (exact) mass is 457 g/mol. The first-order valence-electron chi connectivity index (χ1n) is 11.2. The summed E-state index contributed by atoms with van der Waals surface area (Å²) in [5, 5.41) is 3.33. The molecular weight excluding hydrogens is 430 g/mol. The molecule has 3 amide bonds. The van der Waals surface area contributed by atoms with Crippen molar-refractivity contribution in [2.45, 2.75) is 38.1 Å². The topological polar surface area (TPSA) is 82.9 Å². The summed E-state index contributed by atoms with van der Waals surface area (Å²) in [6.07, 6.45) is 5.81. The maximum atomic E-state index is 13.4. The molecule has 7 nitrogen and oxygen atoms in total. The molecule has 4 rings (SSSR count). The van der Waals surface area contributed by atoms with E-state index in [4.69, 9.17) is 16.0 Å². The number of nitrogens with zero attached hydrogens (tertiary/aromatic N) is 2. The van der Waals surface area contributed by atoms with Crippen LogP contribution in [-0.4, -0.2) is 59.7 Å². The Hall–Kier alpha value is -2.80. The highest BCUT2D eigenvalue weighted by Crippen LogP contribution is 2.25. The number of rotatable bonds is 5. The summed E-state index contributed by atoms with van der Waals surface area (Å²) in [5.41, 5.74) is 0.357. The highest BCUT2D eigenvalue weighted by Gasteiger charge is 2.37. The van der Waals surface area contributed by atoms with Gasteiger partial charge in [-0.05, 0) is 62.3 Å². The first-order chi connectivity index (χ1) is 15.5. The highest BCUT2D eigenvalue weighted by atomic mass is 35.5. The first kappa shape index (κ1) is 22.4. The second-order valence-electron chi connectivity index (χ2n) is 8.42. The number of nitrogens with one attached hydrogen (secondary N) is 1. The van der Waals surface area contributed by atoms with Gasteiger partial charge in [-0.15, -0.1) is 0 Å². The van der Waals surface area contributed by atoms with Crippen LogP contribution in [0.2, 0.25) is 5.02 Å². The third-order valence-electron chi connectivity index (χ3n) is 6.37. The summed E-state index contributed by atoms with van der Waals surface area (Å²) in [5.74, 6) is -0.277. The van der Waals surface area contributed by atoms with Crippen molar-refractivity contribution in [3.05, 3.63) is 59.0 Å². The van der Waals surface area contributed by atoms with E-state index in [-0.39, 0.29) is 23.6 Å². The maximum absolute atomic E-state index is 13.4. The van der Waals surface area contributed by atoms with Crippen molar-refractivity contribution >= 4 is 29.3 Å². The van der Waals surface area contributed by atoms with Gasteiger partial charge in [0.05, 0.1) is 16.8 Å². The SMILES string of the molecule is O=C(N[C@@H](C(=O)N1CCCCC1)C1CCN(C(=O)c2ccco2)CC1)c1ccccc1Cl. The third kappa shape index (κ3) is 4.99. The van der Waals surface area contributed by atoms with E-state index < -0.39 is 6.04 Å². The van der Waals surface area contributed by atoms with Gasteiger partial charge in [-0.1, -0.05) is 23.7 Å². The largest absolute Gasteiger partial charge is 0.459 e. The summed E-state index contributed by atoms with van der Waals surface area (Å²) < 4.78 is 5.23. The Morgan fingerprint density at radius 3 is 2.31 bits per heavy atom. The standard InChI is InChI=1S/C24H28ClN3O4/c25-19-8-3-2-7-18(19)22(29)26-21(24(31)27-12-4-1-5-13-27)17-10-14-28(15-11-17)23(30)20-9-6-16-32-20/h2-3,6-9,16-17,21H,1,4-5,10-15H2,(H,26,29)/t21-/m1/s1. The van der Waals surface area contributed by atoms with Gasteiger partial charge in [-0.2, -0.15) is 0 Å². The molecule has 2 fully saturated rings. The molecule has 0 spiro atoms. The lowest BCUT2D eigenvalue weighted by molar-refractivity contribution is -0.136. The normalized spacial score (nSPS) is 18.3. The van der Waals surface area contributed by atoms with Crippen molar-refractivity contribution in [2.75, 3.05) is 26.2 Å². The first-order valence-corrected chi connectivity index (χ1v) is 11.6. The van der Waals surface area contributed by atoms with Crippen LogP contribution < -0.4 is 5.32 Å². The number of amides is 3. The lowest BCUT2D eigenvalue weighted by Crippen LogP contribution is -2.55. The number of carbonyl (C=O) groups is 3. The summed E-state index contributed by atoms with van der Waals surface area (Å²) in [4.78, 5) is 42.6. The molecule has 1 aromatic carbocycles. The molecule has 0 unspecified atom stereocenters. The Labute approximate surface area is 192 Å². The number of benzene rings is 1. The van der Waals surface area contributed by atoms with Crippen LogP contribution in [0, 0.1) is 5.92 Å². The Morgan fingerprint density at radius 1 is 0.938 bits per heavy atom. The minimum Gasteiger partial charge on any atom is -0.459 e. The molecule has 2 aliphatic heterocycles. The van der Waals surface area contributed by atoms with Crippen molar-refractivity contribution in [1.29, 1.82) is 0 Å². The van der Waals surface area contributed by atoms with Gasteiger partial charge in [0.25, 0.3) is 11.8 Å². The quantitative estimate of drug-likeness (QED) is 0.743. The van der Waals surface area contributed by atoms with Crippen molar-refractivity contribution in [2.24, 2.45) is 5.92 Å². The molecule has 1 N–H and O–H groups in total. The smallest absolute Gasteiger partial charge is 0.289 e. The van der Waals surface area contributed by atoms with E-state index in [2.05, 4.69) is 5.32 Å². The van der Waals surface area contributed by atoms with Gasteiger partial charge in [0.15, 0.2) is 5.76 Å². The molecule has 0 bridgehead atoms. The predicted molar refractivity (Wildman–Crippen MR) is 120 cm³/mol. The highest BCUT2D eigenvalue weighted by molar-refractivity contribution is 6.33. The fourth-order valence-electron chi connectivity index (χ4n) is 4.55. The molecule has 0 aliphatic carbocycles. The molecule has 170 valence electrons. The number of hydrogen-bond donors (Lipinski definition) is 1. The van der Waals surface area contributed by atoms with Gasteiger partial charge in [0.2, 0.25) is 5.91 Å². The summed E-state index contributed by atoms with van der Waals surface area (Å²) in [6.45, 7) is 2.45. The van der Waals surface area contributed by atoms with Gasteiger partial charge in [-0.25, -0.2) is 0 Å². The van der Waals surface area contributed by atoms with Crippen LogP contribution in [0.4, 0.5) is 0 Å². The van der Waals surface area contributed by atoms with E-state index in [0.717, 1.165) is 19.3 Å². The fraction of sp³-hybridized carbons (Fsp3) is 0.458. The van der Waals surface area contributed by atoms with Crippen molar-refractivity contribution in [1.82, 2.24) is 15.1 Å². The number of halogens is 1. The number of likely N-dealkylation sites (tertiary alicyclic amines) is 2. The van der Waals surface area contributed by atoms with Crippen LogP contribution in [-0.2, 0) is 4.79 Å².